The molecule has 2 heterocycles. The zero-order valence-corrected chi connectivity index (χ0v) is 15.8. The minimum Gasteiger partial charge on any atom is -0.350 e. The predicted molar refractivity (Wildman–Crippen MR) is 95.8 cm³/mol. The fraction of sp³-hybridized carbons (Fsp3) is 0.353. The summed E-state index contributed by atoms with van der Waals surface area (Å²) in [5.41, 5.74) is -0.825. The summed E-state index contributed by atoms with van der Waals surface area (Å²) in [6.45, 7) is -0.113. The van der Waals surface area contributed by atoms with E-state index in [1.807, 2.05) is 0 Å². The van der Waals surface area contributed by atoms with Gasteiger partial charge in [0.2, 0.25) is 5.91 Å². The van der Waals surface area contributed by atoms with Gasteiger partial charge < -0.3 is 14.8 Å². The van der Waals surface area contributed by atoms with Gasteiger partial charge in [-0.1, -0.05) is 23.7 Å². The van der Waals surface area contributed by atoms with Crippen LogP contribution in [0.4, 0.5) is 23.8 Å². The largest absolute Gasteiger partial charge is 0.417 e. The van der Waals surface area contributed by atoms with Crippen LogP contribution in [0.3, 0.4) is 0 Å². The van der Waals surface area contributed by atoms with Gasteiger partial charge in [-0.25, -0.2) is 9.78 Å². The number of rotatable bonds is 4. The summed E-state index contributed by atoms with van der Waals surface area (Å²) in [6, 6.07) is 2.31. The first-order valence-corrected chi connectivity index (χ1v) is 8.62. The molecule has 1 N–H and O–H groups in total. The van der Waals surface area contributed by atoms with E-state index < -0.39 is 34.7 Å². The summed E-state index contributed by atoms with van der Waals surface area (Å²) in [4.78, 5) is 31.6. The summed E-state index contributed by atoms with van der Waals surface area (Å²) in [5, 5.41) is 2.09. The number of carbonyl (C=O) groups excluding carboxylic acids is 2. The van der Waals surface area contributed by atoms with Crippen LogP contribution in [-0.2, 0) is 24.6 Å². The van der Waals surface area contributed by atoms with Crippen LogP contribution in [0, 0.1) is 0 Å². The van der Waals surface area contributed by atoms with Gasteiger partial charge in [-0.3, -0.25) is 9.69 Å². The van der Waals surface area contributed by atoms with Gasteiger partial charge in [0.25, 0.3) is 0 Å². The molecule has 0 saturated carbocycles. The third-order valence-electron chi connectivity index (χ3n) is 4.46. The Morgan fingerprint density at radius 3 is 2.68 bits per heavy atom. The molecule has 1 atom stereocenters. The fourth-order valence-corrected chi connectivity index (χ4v) is 3.22. The van der Waals surface area contributed by atoms with E-state index in [1.54, 1.807) is 17.8 Å². The molecule has 0 aliphatic carbocycles. The third-order valence-corrected chi connectivity index (χ3v) is 4.91. The van der Waals surface area contributed by atoms with Gasteiger partial charge >= 0.3 is 12.2 Å². The Hall–Kier alpha value is -2.75. The standard InChI is InChI=1S/C17H17ClF3N5O2/c1-24-8-13(23-9-24)26-7-12(25(2)16(26)28)15(27)22-6-10-4-3-5-11(14(10)18)17(19,20)21/h3-5,8-9,12H,6-7H2,1-2H3,(H,22,27). The topological polar surface area (TPSA) is 70.5 Å². The summed E-state index contributed by atoms with van der Waals surface area (Å²) in [7, 11) is 3.23. The van der Waals surface area contributed by atoms with E-state index >= 15 is 0 Å². The number of halogens is 4. The lowest BCUT2D eigenvalue weighted by atomic mass is 10.1. The lowest BCUT2D eigenvalue weighted by Gasteiger charge is -2.18. The van der Waals surface area contributed by atoms with Crippen LogP contribution in [0.15, 0.2) is 30.7 Å². The number of anilines is 1. The smallest absolute Gasteiger partial charge is 0.350 e. The monoisotopic (exact) mass is 415 g/mol. The van der Waals surface area contributed by atoms with Crippen molar-refractivity contribution in [1.29, 1.82) is 0 Å². The number of benzene rings is 1. The average molecular weight is 416 g/mol. The number of hydrogen-bond acceptors (Lipinski definition) is 3. The maximum Gasteiger partial charge on any atom is 0.417 e. The quantitative estimate of drug-likeness (QED) is 0.834. The number of imidazole rings is 1. The molecule has 7 nitrogen and oxygen atoms in total. The summed E-state index contributed by atoms with van der Waals surface area (Å²) < 4.78 is 40.5. The normalized spacial score (nSPS) is 17.4. The molecule has 0 radical (unpaired) electrons. The molecule has 28 heavy (non-hydrogen) atoms. The second kappa shape index (κ2) is 7.34. The second-order valence-electron chi connectivity index (χ2n) is 6.41. The van der Waals surface area contributed by atoms with Crippen molar-refractivity contribution >= 4 is 29.4 Å². The number of likely N-dealkylation sites (N-methyl/N-ethyl adjacent to an activating group) is 1. The first-order chi connectivity index (χ1) is 13.1. The average Bonchev–Trinajstić information content (AvgIpc) is 3.17. The number of urea groups is 1. The van der Waals surface area contributed by atoms with Crippen LogP contribution in [0.5, 0.6) is 0 Å². The molecule has 1 unspecified atom stereocenters. The molecule has 150 valence electrons. The van der Waals surface area contributed by atoms with Crippen LogP contribution in [0.2, 0.25) is 5.02 Å². The maximum absolute atomic E-state index is 12.9. The van der Waals surface area contributed by atoms with E-state index in [9.17, 15) is 22.8 Å². The van der Waals surface area contributed by atoms with Gasteiger partial charge in [0.1, 0.15) is 6.04 Å². The van der Waals surface area contributed by atoms with E-state index in [2.05, 4.69) is 10.3 Å². The molecular formula is C17H17ClF3N5O2. The van der Waals surface area contributed by atoms with Crippen LogP contribution < -0.4 is 10.2 Å². The van der Waals surface area contributed by atoms with Crippen molar-refractivity contribution in [1.82, 2.24) is 19.8 Å². The predicted octanol–water partition coefficient (Wildman–Crippen LogP) is 2.65. The number of amides is 3. The van der Waals surface area contributed by atoms with Crippen molar-refractivity contribution in [3.8, 4) is 0 Å². The highest BCUT2D eigenvalue weighted by Crippen LogP contribution is 2.36. The second-order valence-corrected chi connectivity index (χ2v) is 6.79. The molecule has 0 bridgehead atoms. The Labute approximate surface area is 163 Å². The molecule has 3 rings (SSSR count). The summed E-state index contributed by atoms with van der Waals surface area (Å²) in [5.74, 6) is -0.0849. The summed E-state index contributed by atoms with van der Waals surface area (Å²) >= 11 is 5.84. The van der Waals surface area contributed by atoms with Crippen molar-refractivity contribution in [3.05, 3.63) is 46.9 Å². The van der Waals surface area contributed by atoms with Crippen LogP contribution in [-0.4, -0.2) is 46.0 Å². The van der Waals surface area contributed by atoms with Crippen molar-refractivity contribution in [3.63, 3.8) is 0 Å². The van der Waals surface area contributed by atoms with E-state index in [1.165, 1.54) is 35.3 Å². The molecule has 2 aromatic rings. The van der Waals surface area contributed by atoms with Gasteiger partial charge in [0.05, 0.1) is 23.5 Å². The van der Waals surface area contributed by atoms with Crippen molar-refractivity contribution in [2.45, 2.75) is 18.8 Å². The molecular weight excluding hydrogens is 399 g/mol. The molecule has 1 aliphatic heterocycles. The number of carbonyl (C=O) groups is 2. The number of nitrogens with zero attached hydrogens (tertiary/aromatic N) is 4. The minimum absolute atomic E-state index is 0.0779. The number of hydrogen-bond donors (Lipinski definition) is 1. The SMILES string of the molecule is CN1C(=O)N(c2cn(C)cn2)CC1C(=O)NCc1cccc(C(F)(F)F)c1Cl. The van der Waals surface area contributed by atoms with Gasteiger partial charge in [-0.05, 0) is 11.6 Å². The van der Waals surface area contributed by atoms with E-state index in [4.69, 9.17) is 11.6 Å². The molecule has 1 saturated heterocycles. The van der Waals surface area contributed by atoms with Gasteiger partial charge in [-0.2, -0.15) is 13.2 Å². The highest BCUT2D eigenvalue weighted by molar-refractivity contribution is 6.32. The molecule has 0 spiro atoms. The Kier molecular flexibility index (Phi) is 5.24. The molecule has 11 heteroatoms. The molecule has 3 amide bonds. The lowest BCUT2D eigenvalue weighted by Crippen LogP contribution is -2.43. The van der Waals surface area contributed by atoms with E-state index in [0.29, 0.717) is 5.82 Å². The van der Waals surface area contributed by atoms with Gasteiger partial charge in [0.15, 0.2) is 5.82 Å². The van der Waals surface area contributed by atoms with Crippen LogP contribution >= 0.6 is 11.6 Å². The van der Waals surface area contributed by atoms with Gasteiger partial charge in [-0.15, -0.1) is 0 Å². The highest BCUT2D eigenvalue weighted by atomic mass is 35.5. The highest BCUT2D eigenvalue weighted by Gasteiger charge is 2.40. The van der Waals surface area contributed by atoms with E-state index in [-0.39, 0.29) is 18.7 Å². The molecule has 1 aliphatic rings. The zero-order valence-electron chi connectivity index (χ0n) is 15.0. The molecule has 1 aromatic heterocycles. The fourth-order valence-electron chi connectivity index (χ4n) is 2.92. The molecule has 1 fully saturated rings. The Balaban J connectivity index is 1.70. The Bertz CT molecular complexity index is 914. The minimum atomic E-state index is -4.58. The van der Waals surface area contributed by atoms with Crippen molar-refractivity contribution in [2.75, 3.05) is 18.5 Å². The third kappa shape index (κ3) is 3.77. The van der Waals surface area contributed by atoms with Crippen molar-refractivity contribution in [2.24, 2.45) is 7.05 Å². The number of nitrogens with one attached hydrogen (secondary N) is 1. The van der Waals surface area contributed by atoms with E-state index in [0.717, 1.165) is 6.07 Å². The van der Waals surface area contributed by atoms with Gasteiger partial charge in [0, 0.05) is 26.8 Å². The Morgan fingerprint density at radius 2 is 2.07 bits per heavy atom. The number of aromatic nitrogens is 2. The summed E-state index contributed by atoms with van der Waals surface area (Å²) in [6.07, 6.45) is -1.40. The lowest BCUT2D eigenvalue weighted by molar-refractivity contribution is -0.137. The first kappa shape index (κ1) is 20.0. The number of alkyl halides is 3. The van der Waals surface area contributed by atoms with Crippen LogP contribution in [0.25, 0.3) is 0 Å². The Morgan fingerprint density at radius 1 is 1.36 bits per heavy atom. The zero-order chi connectivity index (χ0) is 20.6. The first-order valence-electron chi connectivity index (χ1n) is 8.24. The molecule has 1 aromatic carbocycles. The van der Waals surface area contributed by atoms with Crippen molar-refractivity contribution < 1.29 is 22.8 Å². The maximum atomic E-state index is 12.9. The number of aryl methyl sites for hydroxylation is 1. The van der Waals surface area contributed by atoms with Crippen LogP contribution in [0.1, 0.15) is 11.1 Å².